The Kier molecular flexibility index (Phi) is 4.29. The van der Waals surface area contributed by atoms with E-state index >= 15 is 0 Å². The Morgan fingerprint density at radius 2 is 2.06 bits per heavy atom. The van der Waals surface area contributed by atoms with Crippen molar-refractivity contribution in [2.45, 2.75) is 46.5 Å². The van der Waals surface area contributed by atoms with Crippen LogP contribution >= 0.6 is 21.6 Å². The number of ether oxygens (including phenoxy) is 3. The molecular weight excluding hydrogens is 460 g/mol. The standard InChI is InChI=1S/C20H20N2O8S2/c1-27-10-5-3-8(13(24)14(10)28-2)15-12-17(25)22-20(32-31-15,18(26)21-12)7-19-11(29-19)6-4-9(23)16(19)30-22/h3-6,9,11-12,15-16,23-24H,7H2,1-2H3,(H,21,26)/t9-,11+,12-,15?,16+,19+,20-/m1/s1. The van der Waals surface area contributed by atoms with Crippen LogP contribution in [0.4, 0.5) is 0 Å². The molecule has 10 nitrogen and oxygen atoms in total. The van der Waals surface area contributed by atoms with Crippen molar-refractivity contribution in [2.24, 2.45) is 0 Å². The number of hydrogen-bond acceptors (Lipinski definition) is 10. The van der Waals surface area contributed by atoms with E-state index in [-0.39, 0.29) is 29.9 Å². The lowest BCUT2D eigenvalue weighted by atomic mass is 9.81. The number of amides is 2. The van der Waals surface area contributed by atoms with Crippen LogP contribution < -0.4 is 14.8 Å². The fourth-order valence-corrected chi connectivity index (χ4v) is 8.51. The summed E-state index contributed by atoms with van der Waals surface area (Å²) in [4.78, 5) is 31.5. The number of fused-ring (bicyclic) bond motifs is 3. The third kappa shape index (κ3) is 2.44. The van der Waals surface area contributed by atoms with Gasteiger partial charge in [0.05, 0.1) is 19.5 Å². The van der Waals surface area contributed by atoms with Gasteiger partial charge in [0, 0.05) is 12.0 Å². The zero-order chi connectivity index (χ0) is 22.4. The largest absolute Gasteiger partial charge is 0.504 e. The first kappa shape index (κ1) is 20.5. The van der Waals surface area contributed by atoms with Crippen LogP contribution in [0.2, 0.25) is 0 Å². The van der Waals surface area contributed by atoms with E-state index in [1.165, 1.54) is 35.8 Å². The van der Waals surface area contributed by atoms with Gasteiger partial charge in [0.2, 0.25) is 10.6 Å². The minimum atomic E-state index is -1.35. The highest BCUT2D eigenvalue weighted by Crippen LogP contribution is 2.64. The summed E-state index contributed by atoms with van der Waals surface area (Å²) in [5, 5.41) is 24.6. The highest BCUT2D eigenvalue weighted by atomic mass is 33.1. The van der Waals surface area contributed by atoms with Gasteiger partial charge >= 0.3 is 0 Å². The molecule has 1 aromatic carbocycles. The van der Waals surface area contributed by atoms with Crippen LogP contribution in [0.15, 0.2) is 24.3 Å². The van der Waals surface area contributed by atoms with Crippen molar-refractivity contribution in [2.75, 3.05) is 14.2 Å². The monoisotopic (exact) mass is 480 g/mol. The van der Waals surface area contributed by atoms with Gasteiger partial charge in [0.25, 0.3) is 11.8 Å². The SMILES string of the molecule is COc1ccc(C2SS[C@@]34C[C@]56O[C@H]5C=C[C@@H](O)[C@@H]6ON3C(=O)[C@@H]2NC4=O)c(O)c1OC. The van der Waals surface area contributed by atoms with Gasteiger partial charge in [-0.2, -0.15) is 5.06 Å². The quantitative estimate of drug-likeness (QED) is 0.322. The van der Waals surface area contributed by atoms with Crippen LogP contribution in [0, 0.1) is 0 Å². The number of rotatable bonds is 3. The van der Waals surface area contributed by atoms with Gasteiger partial charge in [-0.3, -0.25) is 14.4 Å². The van der Waals surface area contributed by atoms with Gasteiger partial charge in [-0.1, -0.05) is 39.8 Å². The molecule has 0 saturated carbocycles. The zero-order valence-electron chi connectivity index (χ0n) is 17.0. The summed E-state index contributed by atoms with van der Waals surface area (Å²) >= 11 is 0. The lowest BCUT2D eigenvalue weighted by Crippen LogP contribution is -2.74. The second-order valence-corrected chi connectivity index (χ2v) is 10.9. The van der Waals surface area contributed by atoms with Crippen LogP contribution in [0.25, 0.3) is 0 Å². The van der Waals surface area contributed by atoms with Gasteiger partial charge in [-0.15, -0.1) is 0 Å². The molecule has 1 unspecified atom stereocenters. The molecule has 7 atom stereocenters. The number of nitrogens with one attached hydrogen (secondary N) is 1. The first-order chi connectivity index (χ1) is 15.4. The number of piperazine rings is 1. The number of methoxy groups -OCH3 is 2. The van der Waals surface area contributed by atoms with Crippen LogP contribution in [0.5, 0.6) is 17.2 Å². The summed E-state index contributed by atoms with van der Waals surface area (Å²) in [5.74, 6) is -0.483. The van der Waals surface area contributed by atoms with E-state index in [4.69, 9.17) is 19.0 Å². The minimum absolute atomic E-state index is 0.147. The zero-order valence-corrected chi connectivity index (χ0v) is 18.6. The topological polar surface area (TPSA) is 130 Å². The van der Waals surface area contributed by atoms with Crippen molar-refractivity contribution < 1.29 is 38.9 Å². The fraction of sp³-hybridized carbons (Fsp3) is 0.500. The molecule has 1 aromatic rings. The number of nitrogens with zero attached hydrogens (tertiary/aromatic N) is 1. The molecule has 0 aromatic heterocycles. The lowest BCUT2D eigenvalue weighted by Gasteiger charge is -2.51. The first-order valence-electron chi connectivity index (χ1n) is 10.0. The summed E-state index contributed by atoms with van der Waals surface area (Å²) < 4.78 is 16.4. The maximum Gasteiger partial charge on any atom is 0.272 e. The first-order valence-corrected chi connectivity index (χ1v) is 12.2. The molecule has 5 saturated heterocycles. The van der Waals surface area contributed by atoms with E-state index in [0.717, 1.165) is 5.06 Å². The smallest absolute Gasteiger partial charge is 0.272 e. The number of phenolic OH excluding ortho intramolecular Hbond substituents is 1. The van der Waals surface area contributed by atoms with Crippen LogP contribution in [0.3, 0.4) is 0 Å². The highest BCUT2D eigenvalue weighted by Gasteiger charge is 2.76. The predicted molar refractivity (Wildman–Crippen MR) is 113 cm³/mol. The van der Waals surface area contributed by atoms with Crippen molar-refractivity contribution in [3.8, 4) is 17.2 Å². The van der Waals surface area contributed by atoms with Crippen LogP contribution in [0.1, 0.15) is 17.2 Å². The second-order valence-electron chi connectivity index (χ2n) is 8.28. The molecule has 2 amide bonds. The predicted octanol–water partition coefficient (Wildman–Crippen LogP) is 0.641. The molecule has 2 bridgehead atoms. The molecule has 7 rings (SSSR count). The third-order valence-corrected chi connectivity index (χ3v) is 10.0. The van der Waals surface area contributed by atoms with Gasteiger partial charge < -0.3 is 29.7 Å². The van der Waals surface area contributed by atoms with Crippen molar-refractivity contribution in [3.63, 3.8) is 0 Å². The summed E-state index contributed by atoms with van der Waals surface area (Å²) in [6.07, 6.45) is 1.54. The van der Waals surface area contributed by atoms with E-state index in [0.29, 0.717) is 11.3 Å². The number of aromatic hydroxyl groups is 1. The Bertz CT molecular complexity index is 1070. The number of hydroxylamine groups is 2. The molecule has 32 heavy (non-hydrogen) atoms. The molecule has 170 valence electrons. The van der Waals surface area contributed by atoms with E-state index in [1.807, 2.05) is 0 Å². The number of benzene rings is 1. The Morgan fingerprint density at radius 1 is 1.25 bits per heavy atom. The molecule has 5 aliphatic heterocycles. The maximum absolute atomic E-state index is 13.5. The molecule has 0 radical (unpaired) electrons. The molecule has 6 aliphatic rings. The lowest BCUT2D eigenvalue weighted by molar-refractivity contribution is -0.281. The van der Waals surface area contributed by atoms with Crippen molar-refractivity contribution in [1.29, 1.82) is 0 Å². The molecular formula is C20H20N2O8S2. The third-order valence-electron chi connectivity index (χ3n) is 6.67. The number of phenols is 1. The van der Waals surface area contributed by atoms with E-state index in [9.17, 15) is 19.8 Å². The van der Waals surface area contributed by atoms with Crippen molar-refractivity contribution in [1.82, 2.24) is 10.4 Å². The van der Waals surface area contributed by atoms with Crippen LogP contribution in [-0.2, 0) is 19.2 Å². The Hall–Kier alpha value is -2.12. The summed E-state index contributed by atoms with van der Waals surface area (Å²) in [5.41, 5.74) is -0.429. The summed E-state index contributed by atoms with van der Waals surface area (Å²) in [7, 11) is 5.38. The Balaban J connectivity index is 1.41. The Labute approximate surface area is 190 Å². The van der Waals surface area contributed by atoms with Gasteiger partial charge in [0.1, 0.15) is 30.0 Å². The number of aliphatic hydroxyl groups excluding tert-OH is 1. The molecule has 3 N–H and O–H groups in total. The normalized spacial score (nSPS) is 41.2. The van der Waals surface area contributed by atoms with Gasteiger partial charge in [-0.25, -0.2) is 0 Å². The molecule has 2 spiro atoms. The summed E-state index contributed by atoms with van der Waals surface area (Å²) in [6, 6.07) is 2.31. The van der Waals surface area contributed by atoms with Crippen molar-refractivity contribution in [3.05, 3.63) is 29.8 Å². The molecule has 1 aliphatic carbocycles. The summed E-state index contributed by atoms with van der Waals surface area (Å²) in [6.45, 7) is 0. The van der Waals surface area contributed by atoms with Crippen LogP contribution in [-0.4, -0.2) is 76.1 Å². The molecule has 5 fully saturated rings. The van der Waals surface area contributed by atoms with Gasteiger partial charge in [0.15, 0.2) is 11.5 Å². The number of hydrogen-bond donors (Lipinski definition) is 3. The molecule has 5 heterocycles. The minimum Gasteiger partial charge on any atom is -0.504 e. The number of carbonyl (C=O) groups is 2. The highest BCUT2D eigenvalue weighted by molar-refractivity contribution is 8.77. The maximum atomic E-state index is 13.5. The number of carbonyl (C=O) groups excluding carboxylic acids is 2. The average Bonchev–Trinajstić information content (AvgIpc) is 3.52. The van der Waals surface area contributed by atoms with E-state index < -0.39 is 39.9 Å². The Morgan fingerprint density at radius 3 is 2.81 bits per heavy atom. The second kappa shape index (κ2) is 6.70. The van der Waals surface area contributed by atoms with Gasteiger partial charge in [-0.05, 0) is 6.07 Å². The number of aliphatic hydroxyl groups is 1. The molecule has 12 heteroatoms. The fourth-order valence-electron chi connectivity index (χ4n) is 5.00. The average molecular weight is 481 g/mol. The van der Waals surface area contributed by atoms with E-state index in [2.05, 4.69) is 5.32 Å². The number of epoxide rings is 1. The van der Waals surface area contributed by atoms with E-state index in [1.54, 1.807) is 24.3 Å². The van der Waals surface area contributed by atoms with Crippen molar-refractivity contribution >= 4 is 33.4 Å².